The number of amides is 2. The van der Waals surface area contributed by atoms with Crippen LogP contribution in [0.4, 0.5) is 10.5 Å². The molecule has 1 aromatic rings. The molecule has 1 rings (SSSR count). The van der Waals surface area contributed by atoms with E-state index in [1.807, 2.05) is 6.07 Å². The molecule has 0 aliphatic carbocycles. The second-order valence-corrected chi connectivity index (χ2v) is 3.07. The number of urea groups is 1. The fourth-order valence-corrected chi connectivity index (χ4v) is 1.17. The lowest BCUT2D eigenvalue weighted by Gasteiger charge is -2.04. The van der Waals surface area contributed by atoms with E-state index in [0.717, 1.165) is 5.56 Å². The van der Waals surface area contributed by atoms with Gasteiger partial charge in [0.1, 0.15) is 6.07 Å². The molecule has 0 heterocycles. The SMILES string of the molecule is Cc1cccc(C#N)c1N=C(N)NC(N)=O. The number of nitrogens with two attached hydrogens (primary N) is 2. The van der Waals surface area contributed by atoms with Crippen molar-refractivity contribution in [3.05, 3.63) is 29.3 Å². The van der Waals surface area contributed by atoms with Gasteiger partial charge in [-0.1, -0.05) is 12.1 Å². The zero-order chi connectivity index (χ0) is 12.1. The molecular formula is C10H11N5O. The lowest BCUT2D eigenvalue weighted by molar-refractivity contribution is 0.253. The summed E-state index contributed by atoms with van der Waals surface area (Å²) < 4.78 is 0. The van der Waals surface area contributed by atoms with Gasteiger partial charge in [-0.15, -0.1) is 0 Å². The lowest BCUT2D eigenvalue weighted by Crippen LogP contribution is -2.40. The first-order chi connectivity index (χ1) is 7.54. The minimum absolute atomic E-state index is 0.140. The number of benzene rings is 1. The van der Waals surface area contributed by atoms with Crippen LogP contribution in [0.1, 0.15) is 11.1 Å². The molecule has 0 saturated heterocycles. The van der Waals surface area contributed by atoms with Crippen molar-refractivity contribution in [3.63, 3.8) is 0 Å². The molecule has 0 unspecified atom stereocenters. The third-order valence-electron chi connectivity index (χ3n) is 1.84. The Hall–Kier alpha value is -2.55. The highest BCUT2D eigenvalue weighted by Crippen LogP contribution is 2.22. The number of para-hydroxylation sites is 1. The Balaban J connectivity index is 3.14. The van der Waals surface area contributed by atoms with Gasteiger partial charge in [0.15, 0.2) is 0 Å². The number of carbonyl (C=O) groups is 1. The van der Waals surface area contributed by atoms with Crippen molar-refractivity contribution in [3.8, 4) is 6.07 Å². The van der Waals surface area contributed by atoms with Gasteiger partial charge in [0.05, 0.1) is 11.3 Å². The topological polar surface area (TPSA) is 117 Å². The minimum atomic E-state index is -0.798. The smallest absolute Gasteiger partial charge is 0.318 e. The average Bonchev–Trinajstić information content (AvgIpc) is 2.20. The molecule has 6 heteroatoms. The fourth-order valence-electron chi connectivity index (χ4n) is 1.17. The first-order valence-corrected chi connectivity index (χ1v) is 4.45. The van der Waals surface area contributed by atoms with Crippen molar-refractivity contribution < 1.29 is 4.79 Å². The van der Waals surface area contributed by atoms with Gasteiger partial charge in [-0.2, -0.15) is 5.26 Å². The summed E-state index contributed by atoms with van der Waals surface area (Å²) in [6, 6.07) is 6.33. The third-order valence-corrected chi connectivity index (χ3v) is 1.84. The number of nitriles is 1. The second kappa shape index (κ2) is 4.79. The highest BCUT2D eigenvalue weighted by atomic mass is 16.2. The van der Waals surface area contributed by atoms with Crippen LogP contribution >= 0.6 is 0 Å². The second-order valence-electron chi connectivity index (χ2n) is 3.07. The van der Waals surface area contributed by atoms with Gasteiger partial charge in [0.25, 0.3) is 0 Å². The van der Waals surface area contributed by atoms with Gasteiger partial charge >= 0.3 is 6.03 Å². The molecule has 6 nitrogen and oxygen atoms in total. The summed E-state index contributed by atoms with van der Waals surface area (Å²) in [6.07, 6.45) is 0. The lowest BCUT2D eigenvalue weighted by atomic mass is 10.1. The molecule has 1 aromatic carbocycles. The monoisotopic (exact) mass is 217 g/mol. The van der Waals surface area contributed by atoms with E-state index in [2.05, 4.69) is 10.3 Å². The molecule has 0 aliphatic heterocycles. The van der Waals surface area contributed by atoms with E-state index in [1.54, 1.807) is 25.1 Å². The van der Waals surface area contributed by atoms with Gasteiger partial charge in [0, 0.05) is 0 Å². The Morgan fingerprint density at radius 1 is 1.50 bits per heavy atom. The zero-order valence-electron chi connectivity index (χ0n) is 8.69. The highest BCUT2D eigenvalue weighted by molar-refractivity contribution is 5.96. The number of primary amides is 1. The van der Waals surface area contributed by atoms with Crippen LogP contribution in [0, 0.1) is 18.3 Å². The maximum Gasteiger partial charge on any atom is 0.318 e. The van der Waals surface area contributed by atoms with Crippen molar-refractivity contribution >= 4 is 17.7 Å². The van der Waals surface area contributed by atoms with Crippen LogP contribution in [0.3, 0.4) is 0 Å². The molecule has 0 fully saturated rings. The van der Waals surface area contributed by atoms with E-state index in [0.29, 0.717) is 11.3 Å². The van der Waals surface area contributed by atoms with E-state index in [-0.39, 0.29) is 5.96 Å². The van der Waals surface area contributed by atoms with Crippen LogP contribution in [0.15, 0.2) is 23.2 Å². The number of aliphatic imine (C=N–C) groups is 1. The van der Waals surface area contributed by atoms with Crippen LogP contribution in [-0.2, 0) is 0 Å². The molecule has 0 aliphatic rings. The number of rotatable bonds is 1. The standard InChI is InChI=1S/C10H11N5O/c1-6-3-2-4-7(5-11)8(6)14-9(12)15-10(13)16/h2-4H,1H3,(H5,12,13,14,15,16). The predicted molar refractivity (Wildman–Crippen MR) is 59.9 cm³/mol. The number of nitrogens with one attached hydrogen (secondary N) is 1. The zero-order valence-corrected chi connectivity index (χ0v) is 8.69. The van der Waals surface area contributed by atoms with Crippen LogP contribution in [0.2, 0.25) is 0 Å². The molecule has 0 bridgehead atoms. The Morgan fingerprint density at radius 3 is 2.75 bits per heavy atom. The fraction of sp³-hybridized carbons (Fsp3) is 0.100. The van der Waals surface area contributed by atoms with Crippen molar-refractivity contribution in [2.24, 2.45) is 16.5 Å². The van der Waals surface area contributed by atoms with Crippen molar-refractivity contribution in [2.45, 2.75) is 6.92 Å². The molecule has 2 amide bonds. The Morgan fingerprint density at radius 2 is 2.19 bits per heavy atom. The minimum Gasteiger partial charge on any atom is -0.369 e. The highest BCUT2D eigenvalue weighted by Gasteiger charge is 2.05. The average molecular weight is 217 g/mol. The molecule has 82 valence electrons. The van der Waals surface area contributed by atoms with Crippen LogP contribution in [0.25, 0.3) is 0 Å². The number of nitrogens with zero attached hydrogens (tertiary/aromatic N) is 2. The largest absolute Gasteiger partial charge is 0.369 e. The summed E-state index contributed by atoms with van der Waals surface area (Å²) in [5.41, 5.74) is 11.9. The maximum atomic E-state index is 10.5. The van der Waals surface area contributed by atoms with Gasteiger partial charge < -0.3 is 11.5 Å². The third kappa shape index (κ3) is 2.72. The molecule has 0 atom stereocenters. The van der Waals surface area contributed by atoms with Crippen molar-refractivity contribution in [1.29, 1.82) is 5.26 Å². The molecule has 0 radical (unpaired) electrons. The van der Waals surface area contributed by atoms with Crippen LogP contribution in [0.5, 0.6) is 0 Å². The van der Waals surface area contributed by atoms with E-state index < -0.39 is 6.03 Å². The van der Waals surface area contributed by atoms with E-state index in [9.17, 15) is 4.79 Å². The summed E-state index contributed by atoms with van der Waals surface area (Å²) in [6.45, 7) is 1.79. The Kier molecular flexibility index (Phi) is 3.45. The molecule has 0 saturated carbocycles. The molecular weight excluding hydrogens is 206 g/mol. The molecule has 0 spiro atoms. The van der Waals surface area contributed by atoms with Crippen LogP contribution in [-0.4, -0.2) is 12.0 Å². The molecule has 0 aromatic heterocycles. The number of guanidine groups is 1. The molecule has 5 N–H and O–H groups in total. The van der Waals surface area contributed by atoms with Crippen molar-refractivity contribution in [2.75, 3.05) is 0 Å². The summed E-state index contributed by atoms with van der Waals surface area (Å²) in [5.74, 6) is -0.140. The number of hydrogen-bond donors (Lipinski definition) is 3. The number of aryl methyl sites for hydroxylation is 1. The van der Waals surface area contributed by atoms with Gasteiger partial charge in [0.2, 0.25) is 5.96 Å². The van der Waals surface area contributed by atoms with E-state index in [4.69, 9.17) is 16.7 Å². The van der Waals surface area contributed by atoms with Gasteiger partial charge in [-0.3, -0.25) is 5.32 Å². The predicted octanol–water partition coefficient (Wildman–Crippen LogP) is 0.481. The van der Waals surface area contributed by atoms with Crippen LogP contribution < -0.4 is 16.8 Å². The number of carbonyl (C=O) groups excluding carboxylic acids is 1. The number of hydrogen-bond acceptors (Lipinski definition) is 3. The Bertz CT molecular complexity index is 486. The summed E-state index contributed by atoms with van der Waals surface area (Å²) in [4.78, 5) is 14.5. The summed E-state index contributed by atoms with van der Waals surface area (Å²) in [7, 11) is 0. The van der Waals surface area contributed by atoms with Gasteiger partial charge in [-0.05, 0) is 18.6 Å². The first-order valence-electron chi connectivity index (χ1n) is 4.45. The summed E-state index contributed by atoms with van der Waals surface area (Å²) in [5, 5.41) is 11.0. The quantitative estimate of drug-likeness (QED) is 0.469. The Labute approximate surface area is 92.6 Å². The first kappa shape index (κ1) is 11.5. The van der Waals surface area contributed by atoms with E-state index in [1.165, 1.54) is 0 Å². The summed E-state index contributed by atoms with van der Waals surface area (Å²) >= 11 is 0. The van der Waals surface area contributed by atoms with Gasteiger partial charge in [-0.25, -0.2) is 9.79 Å². The van der Waals surface area contributed by atoms with Crippen molar-refractivity contribution in [1.82, 2.24) is 5.32 Å². The normalized spacial score (nSPS) is 10.6. The maximum absolute atomic E-state index is 10.5. The molecule has 16 heavy (non-hydrogen) atoms. The van der Waals surface area contributed by atoms with E-state index >= 15 is 0 Å².